The molecule has 1 saturated heterocycles. The molecule has 2 aromatic carbocycles. The second-order valence-electron chi connectivity index (χ2n) is 8.61. The molecule has 0 saturated carbocycles. The van der Waals surface area contributed by atoms with Gasteiger partial charge in [-0.05, 0) is 64.0 Å². The largest absolute Gasteiger partial charge is 0.491 e. The number of aryl methyl sites for hydroxylation is 1. The van der Waals surface area contributed by atoms with Gasteiger partial charge in [0, 0.05) is 16.0 Å². The van der Waals surface area contributed by atoms with Crippen LogP contribution in [0.4, 0.5) is 0 Å². The van der Waals surface area contributed by atoms with E-state index < -0.39 is 0 Å². The van der Waals surface area contributed by atoms with Crippen LogP contribution in [0.25, 0.3) is 11.4 Å². The second kappa shape index (κ2) is 10.9. The standard InChI is InChI=1S/C25H29BrN4O3/c1-17-6-8-22(9-7-17)32-16-18(2)27-25(31)19-10-12-30(13-11-19)15-23-28-24(29-33-23)20-4-3-5-21(26)14-20/h3-9,14,18-19H,10-13,15-16H2,1-2H3,(H,27,31). The molecule has 1 aliphatic rings. The van der Waals surface area contributed by atoms with Crippen molar-refractivity contribution in [2.45, 2.75) is 39.3 Å². The lowest BCUT2D eigenvalue weighted by Gasteiger charge is -2.30. The smallest absolute Gasteiger partial charge is 0.241 e. The van der Waals surface area contributed by atoms with Gasteiger partial charge in [0.2, 0.25) is 17.6 Å². The minimum atomic E-state index is -0.0494. The molecule has 33 heavy (non-hydrogen) atoms. The van der Waals surface area contributed by atoms with Gasteiger partial charge in [-0.2, -0.15) is 4.98 Å². The third-order valence-corrected chi connectivity index (χ3v) is 6.27. The Morgan fingerprint density at radius 1 is 1.24 bits per heavy atom. The van der Waals surface area contributed by atoms with Gasteiger partial charge in [-0.1, -0.05) is 50.9 Å². The summed E-state index contributed by atoms with van der Waals surface area (Å²) in [5.74, 6) is 2.11. The van der Waals surface area contributed by atoms with Crippen molar-refractivity contribution in [1.29, 1.82) is 0 Å². The zero-order valence-corrected chi connectivity index (χ0v) is 20.5. The predicted molar refractivity (Wildman–Crippen MR) is 130 cm³/mol. The summed E-state index contributed by atoms with van der Waals surface area (Å²) in [6.07, 6.45) is 1.62. The number of rotatable bonds is 8. The third kappa shape index (κ3) is 6.65. The Morgan fingerprint density at radius 2 is 2.00 bits per heavy atom. The number of likely N-dealkylation sites (tertiary alicyclic amines) is 1. The monoisotopic (exact) mass is 512 g/mol. The molecule has 2 heterocycles. The van der Waals surface area contributed by atoms with E-state index in [0.29, 0.717) is 24.9 Å². The van der Waals surface area contributed by atoms with Crippen molar-refractivity contribution in [3.05, 3.63) is 64.5 Å². The van der Waals surface area contributed by atoms with Crippen LogP contribution in [0.1, 0.15) is 31.2 Å². The van der Waals surface area contributed by atoms with Gasteiger partial charge in [0.25, 0.3) is 0 Å². The maximum Gasteiger partial charge on any atom is 0.241 e. The van der Waals surface area contributed by atoms with Crippen LogP contribution < -0.4 is 10.1 Å². The van der Waals surface area contributed by atoms with Gasteiger partial charge in [0.15, 0.2) is 0 Å². The summed E-state index contributed by atoms with van der Waals surface area (Å²) < 4.78 is 12.2. The van der Waals surface area contributed by atoms with Gasteiger partial charge in [0.1, 0.15) is 12.4 Å². The molecule has 174 valence electrons. The van der Waals surface area contributed by atoms with E-state index in [9.17, 15) is 4.79 Å². The quantitative estimate of drug-likeness (QED) is 0.474. The summed E-state index contributed by atoms with van der Waals surface area (Å²) in [4.78, 5) is 19.5. The van der Waals surface area contributed by atoms with E-state index in [1.807, 2.05) is 62.4 Å². The lowest BCUT2D eigenvalue weighted by molar-refractivity contribution is -0.127. The molecular weight excluding hydrogens is 484 g/mol. The Labute approximate surface area is 202 Å². The summed E-state index contributed by atoms with van der Waals surface area (Å²) in [6, 6.07) is 15.7. The van der Waals surface area contributed by atoms with Crippen LogP contribution in [0.5, 0.6) is 5.75 Å². The second-order valence-corrected chi connectivity index (χ2v) is 9.52. The maximum absolute atomic E-state index is 12.7. The number of hydrogen-bond acceptors (Lipinski definition) is 6. The minimum absolute atomic E-state index is 0.0167. The van der Waals surface area contributed by atoms with Crippen LogP contribution >= 0.6 is 15.9 Å². The highest BCUT2D eigenvalue weighted by Gasteiger charge is 2.26. The Kier molecular flexibility index (Phi) is 7.77. The molecule has 0 radical (unpaired) electrons. The molecule has 1 unspecified atom stereocenters. The average molecular weight is 513 g/mol. The zero-order valence-electron chi connectivity index (χ0n) is 19.0. The number of amides is 1. The summed E-state index contributed by atoms with van der Waals surface area (Å²) in [7, 11) is 0. The highest BCUT2D eigenvalue weighted by molar-refractivity contribution is 9.10. The van der Waals surface area contributed by atoms with Gasteiger partial charge in [-0.3, -0.25) is 9.69 Å². The fraction of sp³-hybridized carbons (Fsp3) is 0.400. The molecule has 3 aromatic rings. The molecular formula is C25H29BrN4O3. The first-order chi connectivity index (χ1) is 16.0. The van der Waals surface area contributed by atoms with Gasteiger partial charge >= 0.3 is 0 Å². The lowest BCUT2D eigenvalue weighted by atomic mass is 9.95. The number of aromatic nitrogens is 2. The van der Waals surface area contributed by atoms with Crippen molar-refractivity contribution >= 4 is 21.8 Å². The molecule has 1 aliphatic heterocycles. The molecule has 4 rings (SSSR count). The normalized spacial score (nSPS) is 15.8. The van der Waals surface area contributed by atoms with Crippen molar-refractivity contribution in [2.75, 3.05) is 19.7 Å². The molecule has 7 nitrogen and oxygen atoms in total. The highest BCUT2D eigenvalue weighted by atomic mass is 79.9. The Morgan fingerprint density at radius 3 is 2.73 bits per heavy atom. The molecule has 1 fully saturated rings. The number of piperidine rings is 1. The first-order valence-corrected chi connectivity index (χ1v) is 12.1. The summed E-state index contributed by atoms with van der Waals surface area (Å²) in [5, 5.41) is 7.20. The van der Waals surface area contributed by atoms with Crippen molar-refractivity contribution in [2.24, 2.45) is 5.92 Å². The maximum atomic E-state index is 12.7. The minimum Gasteiger partial charge on any atom is -0.491 e. The van der Waals surface area contributed by atoms with Crippen LogP contribution in [0, 0.1) is 12.8 Å². The van der Waals surface area contributed by atoms with Crippen LogP contribution in [0.15, 0.2) is 57.5 Å². The fourth-order valence-electron chi connectivity index (χ4n) is 3.87. The number of benzene rings is 2. The van der Waals surface area contributed by atoms with Crippen molar-refractivity contribution in [3.8, 4) is 17.1 Å². The third-order valence-electron chi connectivity index (χ3n) is 5.78. The molecule has 1 amide bonds. The fourth-order valence-corrected chi connectivity index (χ4v) is 4.27. The number of carbonyl (C=O) groups excluding carboxylic acids is 1. The molecule has 1 N–H and O–H groups in total. The Hall–Kier alpha value is -2.71. The highest BCUT2D eigenvalue weighted by Crippen LogP contribution is 2.22. The Balaban J connectivity index is 1.20. The van der Waals surface area contributed by atoms with Gasteiger partial charge in [-0.15, -0.1) is 0 Å². The summed E-state index contributed by atoms with van der Waals surface area (Å²) >= 11 is 3.47. The first-order valence-electron chi connectivity index (χ1n) is 11.3. The number of halogens is 1. The van der Waals surface area contributed by atoms with Crippen LogP contribution in [-0.2, 0) is 11.3 Å². The van der Waals surface area contributed by atoms with E-state index in [0.717, 1.165) is 41.7 Å². The SMILES string of the molecule is Cc1ccc(OCC(C)NC(=O)C2CCN(Cc3nc(-c4cccc(Br)c4)no3)CC2)cc1. The van der Waals surface area contributed by atoms with E-state index in [4.69, 9.17) is 9.26 Å². The number of nitrogens with one attached hydrogen (secondary N) is 1. The van der Waals surface area contributed by atoms with Crippen molar-refractivity contribution in [3.63, 3.8) is 0 Å². The van der Waals surface area contributed by atoms with E-state index in [1.165, 1.54) is 5.56 Å². The van der Waals surface area contributed by atoms with E-state index in [2.05, 4.69) is 36.3 Å². The number of nitrogens with zero attached hydrogens (tertiary/aromatic N) is 3. The predicted octanol–water partition coefficient (Wildman–Crippen LogP) is 4.60. The van der Waals surface area contributed by atoms with Gasteiger partial charge in [0.05, 0.1) is 12.6 Å². The van der Waals surface area contributed by atoms with E-state index >= 15 is 0 Å². The van der Waals surface area contributed by atoms with Crippen molar-refractivity contribution < 1.29 is 14.1 Å². The molecule has 8 heteroatoms. The number of carbonyl (C=O) groups is 1. The zero-order chi connectivity index (χ0) is 23.2. The molecule has 0 bridgehead atoms. The molecule has 0 spiro atoms. The van der Waals surface area contributed by atoms with Crippen LogP contribution in [0.2, 0.25) is 0 Å². The summed E-state index contributed by atoms with van der Waals surface area (Å²) in [6.45, 7) is 6.70. The van der Waals surface area contributed by atoms with Crippen LogP contribution in [-0.4, -0.2) is 46.7 Å². The van der Waals surface area contributed by atoms with Gasteiger partial charge in [-0.25, -0.2) is 0 Å². The Bertz CT molecular complexity index is 1060. The van der Waals surface area contributed by atoms with Gasteiger partial charge < -0.3 is 14.6 Å². The average Bonchev–Trinajstić information content (AvgIpc) is 3.28. The van der Waals surface area contributed by atoms with E-state index in [1.54, 1.807) is 0 Å². The van der Waals surface area contributed by atoms with Crippen molar-refractivity contribution in [1.82, 2.24) is 20.4 Å². The van der Waals surface area contributed by atoms with Crippen LogP contribution in [0.3, 0.4) is 0 Å². The lowest BCUT2D eigenvalue weighted by Crippen LogP contribution is -2.44. The first kappa shape index (κ1) is 23.4. The molecule has 0 aliphatic carbocycles. The molecule has 1 atom stereocenters. The topological polar surface area (TPSA) is 80.5 Å². The number of ether oxygens (including phenoxy) is 1. The number of hydrogen-bond donors (Lipinski definition) is 1. The molecule has 1 aromatic heterocycles. The summed E-state index contributed by atoms with van der Waals surface area (Å²) in [5.41, 5.74) is 2.11. The van der Waals surface area contributed by atoms with E-state index in [-0.39, 0.29) is 17.9 Å².